The fraction of sp³-hybridized carbons (Fsp3) is 0.438. The van der Waals surface area contributed by atoms with E-state index in [-0.39, 0.29) is 0 Å². The van der Waals surface area contributed by atoms with Gasteiger partial charge in [-0.1, -0.05) is 0 Å². The van der Waals surface area contributed by atoms with Crippen molar-refractivity contribution in [2.45, 2.75) is 26.3 Å². The molecule has 2 aromatic rings. The maximum absolute atomic E-state index is 5.45. The van der Waals surface area contributed by atoms with Crippen LogP contribution in [0.15, 0.2) is 29.6 Å². The van der Waals surface area contributed by atoms with Gasteiger partial charge < -0.3 is 10.1 Å². The van der Waals surface area contributed by atoms with Crippen LogP contribution in [0.4, 0.5) is 5.69 Å². The van der Waals surface area contributed by atoms with Gasteiger partial charge in [-0.25, -0.2) is 4.98 Å². The quantitative estimate of drug-likeness (QED) is 0.925. The van der Waals surface area contributed by atoms with Crippen LogP contribution in [0, 0.1) is 12.8 Å². The van der Waals surface area contributed by atoms with Crippen molar-refractivity contribution < 1.29 is 4.74 Å². The molecule has 3 nitrogen and oxygen atoms in total. The van der Waals surface area contributed by atoms with Crippen LogP contribution in [0.1, 0.15) is 19.0 Å². The normalized spacial score (nSPS) is 20.0. The molecule has 0 amide bonds. The largest absolute Gasteiger partial charge is 0.382 e. The molecule has 2 heterocycles. The van der Waals surface area contributed by atoms with Gasteiger partial charge in [0.15, 0.2) is 0 Å². The number of benzene rings is 1. The van der Waals surface area contributed by atoms with E-state index in [1.165, 1.54) is 11.3 Å². The van der Waals surface area contributed by atoms with E-state index in [0.29, 0.717) is 12.0 Å². The molecule has 0 saturated carbocycles. The lowest BCUT2D eigenvalue weighted by atomic mass is 10.0. The highest BCUT2D eigenvalue weighted by Crippen LogP contribution is 2.26. The molecule has 0 unspecified atom stereocenters. The molecule has 1 aromatic carbocycles. The fourth-order valence-electron chi connectivity index (χ4n) is 2.52. The maximum atomic E-state index is 5.45. The Morgan fingerprint density at radius 2 is 2.15 bits per heavy atom. The molecule has 1 N–H and O–H groups in total. The molecular formula is C16H20N2OS. The predicted octanol–water partition coefficient (Wildman–Crippen LogP) is 3.96. The molecule has 1 aliphatic rings. The van der Waals surface area contributed by atoms with Gasteiger partial charge in [-0.05, 0) is 44.5 Å². The topological polar surface area (TPSA) is 34.1 Å². The van der Waals surface area contributed by atoms with Gasteiger partial charge >= 0.3 is 0 Å². The van der Waals surface area contributed by atoms with Crippen molar-refractivity contribution in [3.05, 3.63) is 35.3 Å². The summed E-state index contributed by atoms with van der Waals surface area (Å²) in [5.41, 5.74) is 3.44. The number of hydrogen-bond donors (Lipinski definition) is 1. The Morgan fingerprint density at radius 1 is 1.35 bits per heavy atom. The van der Waals surface area contributed by atoms with Crippen molar-refractivity contribution in [2.75, 3.05) is 18.5 Å². The van der Waals surface area contributed by atoms with E-state index in [2.05, 4.69) is 46.9 Å². The van der Waals surface area contributed by atoms with Gasteiger partial charge in [-0.15, -0.1) is 11.3 Å². The van der Waals surface area contributed by atoms with Crippen molar-refractivity contribution in [1.29, 1.82) is 0 Å². The molecule has 0 bridgehead atoms. The van der Waals surface area contributed by atoms with E-state index in [9.17, 15) is 0 Å². The number of thiazole rings is 1. The van der Waals surface area contributed by atoms with Gasteiger partial charge in [0.05, 0.1) is 6.61 Å². The molecule has 1 fully saturated rings. The molecule has 1 aromatic heterocycles. The van der Waals surface area contributed by atoms with Crippen LogP contribution >= 0.6 is 11.3 Å². The molecule has 2 atom stereocenters. The molecule has 1 saturated heterocycles. The first kappa shape index (κ1) is 13.6. The van der Waals surface area contributed by atoms with Gasteiger partial charge in [0, 0.05) is 40.9 Å². The van der Waals surface area contributed by atoms with Crippen LogP contribution in [0.5, 0.6) is 0 Å². The highest BCUT2D eigenvalue weighted by Gasteiger charge is 2.21. The molecule has 1 aliphatic heterocycles. The van der Waals surface area contributed by atoms with Gasteiger partial charge in [0.1, 0.15) is 5.01 Å². The third-order valence-corrected chi connectivity index (χ3v) is 4.83. The number of ether oxygens (including phenoxy) is 1. The van der Waals surface area contributed by atoms with Crippen molar-refractivity contribution in [3.8, 4) is 10.6 Å². The van der Waals surface area contributed by atoms with Gasteiger partial charge in [0.25, 0.3) is 0 Å². The van der Waals surface area contributed by atoms with Gasteiger partial charge in [-0.3, -0.25) is 0 Å². The Kier molecular flexibility index (Phi) is 4.03. The fourth-order valence-corrected chi connectivity index (χ4v) is 3.33. The first-order valence-electron chi connectivity index (χ1n) is 7.09. The van der Waals surface area contributed by atoms with Crippen molar-refractivity contribution in [3.63, 3.8) is 0 Å². The summed E-state index contributed by atoms with van der Waals surface area (Å²) in [6.45, 7) is 6.04. The smallest absolute Gasteiger partial charge is 0.123 e. The number of nitrogens with zero attached hydrogens (tertiary/aromatic N) is 1. The first-order valence-corrected chi connectivity index (χ1v) is 7.97. The van der Waals surface area contributed by atoms with Crippen molar-refractivity contribution in [1.82, 2.24) is 4.98 Å². The second-order valence-corrected chi connectivity index (χ2v) is 6.29. The summed E-state index contributed by atoms with van der Waals surface area (Å²) in [6, 6.07) is 9.00. The Morgan fingerprint density at radius 3 is 2.75 bits per heavy atom. The molecule has 4 heteroatoms. The Bertz CT molecular complexity index is 558. The lowest BCUT2D eigenvalue weighted by molar-refractivity contribution is 0.183. The highest BCUT2D eigenvalue weighted by molar-refractivity contribution is 7.13. The number of aryl methyl sites for hydroxylation is 1. The third kappa shape index (κ3) is 3.02. The average Bonchev–Trinajstić information content (AvgIpc) is 3.10. The lowest BCUT2D eigenvalue weighted by Gasteiger charge is -2.20. The number of nitrogens with one attached hydrogen (secondary N) is 1. The van der Waals surface area contributed by atoms with Crippen LogP contribution in [-0.2, 0) is 4.74 Å². The van der Waals surface area contributed by atoms with E-state index < -0.39 is 0 Å². The van der Waals surface area contributed by atoms with E-state index in [0.717, 1.165) is 30.3 Å². The first-order chi connectivity index (χ1) is 9.72. The third-order valence-electron chi connectivity index (χ3n) is 3.82. The lowest BCUT2D eigenvalue weighted by Crippen LogP contribution is -2.25. The highest BCUT2D eigenvalue weighted by atomic mass is 32.1. The number of rotatable bonds is 4. The predicted molar refractivity (Wildman–Crippen MR) is 84.3 cm³/mol. The SMILES string of the molecule is Cc1csc(-c2ccc(N[C@@H](C)[C@H]3CCOC3)cc2)n1. The van der Waals surface area contributed by atoms with Gasteiger partial charge in [-0.2, -0.15) is 0 Å². The minimum Gasteiger partial charge on any atom is -0.382 e. The summed E-state index contributed by atoms with van der Waals surface area (Å²) in [4.78, 5) is 4.52. The van der Waals surface area contributed by atoms with Crippen LogP contribution in [0.2, 0.25) is 0 Å². The second-order valence-electron chi connectivity index (χ2n) is 5.43. The average molecular weight is 288 g/mol. The van der Waals surface area contributed by atoms with E-state index in [1.54, 1.807) is 11.3 Å². The number of anilines is 1. The van der Waals surface area contributed by atoms with Crippen molar-refractivity contribution in [2.24, 2.45) is 5.92 Å². The van der Waals surface area contributed by atoms with Crippen LogP contribution in [0.25, 0.3) is 10.6 Å². The number of aromatic nitrogens is 1. The zero-order valence-corrected chi connectivity index (χ0v) is 12.7. The molecule has 106 valence electrons. The van der Waals surface area contributed by atoms with E-state index in [1.807, 2.05) is 6.92 Å². The molecule has 3 rings (SSSR count). The standard InChI is InChI=1S/C16H20N2OS/c1-11-10-20-16(17-11)13-3-5-15(6-4-13)18-12(2)14-7-8-19-9-14/h3-6,10,12,14,18H,7-9H2,1-2H3/t12-,14-/m0/s1. The van der Waals surface area contributed by atoms with Gasteiger partial charge in [0.2, 0.25) is 0 Å². The van der Waals surface area contributed by atoms with Crippen LogP contribution in [-0.4, -0.2) is 24.2 Å². The summed E-state index contributed by atoms with van der Waals surface area (Å²) in [7, 11) is 0. The summed E-state index contributed by atoms with van der Waals surface area (Å²) in [5.74, 6) is 0.622. The second kappa shape index (κ2) is 5.94. The Hall–Kier alpha value is -1.39. The zero-order chi connectivity index (χ0) is 13.9. The van der Waals surface area contributed by atoms with Crippen molar-refractivity contribution >= 4 is 17.0 Å². The monoisotopic (exact) mass is 288 g/mol. The molecule has 0 radical (unpaired) electrons. The van der Waals surface area contributed by atoms with Crippen LogP contribution < -0.4 is 5.32 Å². The Labute approximate surface area is 124 Å². The molecule has 0 aliphatic carbocycles. The summed E-state index contributed by atoms with van der Waals surface area (Å²) in [5, 5.41) is 6.75. The minimum atomic E-state index is 0.449. The van der Waals surface area contributed by atoms with E-state index in [4.69, 9.17) is 4.74 Å². The number of hydrogen-bond acceptors (Lipinski definition) is 4. The molecule has 0 spiro atoms. The summed E-state index contributed by atoms with van der Waals surface area (Å²) in [6.07, 6.45) is 1.16. The van der Waals surface area contributed by atoms with E-state index >= 15 is 0 Å². The summed E-state index contributed by atoms with van der Waals surface area (Å²) < 4.78 is 5.45. The summed E-state index contributed by atoms with van der Waals surface area (Å²) >= 11 is 1.69. The Balaban J connectivity index is 1.66. The minimum absolute atomic E-state index is 0.449. The molecular weight excluding hydrogens is 268 g/mol. The molecule has 20 heavy (non-hydrogen) atoms. The maximum Gasteiger partial charge on any atom is 0.123 e. The zero-order valence-electron chi connectivity index (χ0n) is 11.9. The van der Waals surface area contributed by atoms with Crippen LogP contribution in [0.3, 0.4) is 0 Å².